The molecule has 0 bridgehead atoms. The van der Waals surface area contributed by atoms with E-state index >= 15 is 0 Å². The molecular weight excluding hydrogens is 363 g/mol. The van der Waals surface area contributed by atoms with Gasteiger partial charge in [-0.3, -0.25) is 9.29 Å². The number of hydrogen-bond acceptors (Lipinski definition) is 2. The summed E-state index contributed by atoms with van der Waals surface area (Å²) in [7, 11) is 0. The van der Waals surface area contributed by atoms with Gasteiger partial charge in [-0.05, 0) is 30.2 Å². The molecule has 1 aliphatic heterocycles. The largest absolute Gasteiger partial charge is 0.314 e. The summed E-state index contributed by atoms with van der Waals surface area (Å²) in [6, 6.07) is 6.26. The lowest BCUT2D eigenvalue weighted by Crippen LogP contribution is -2.45. The van der Waals surface area contributed by atoms with Crippen molar-refractivity contribution < 1.29 is 4.39 Å². The lowest BCUT2D eigenvalue weighted by atomic mass is 10.0. The van der Waals surface area contributed by atoms with Crippen LogP contribution in [0.4, 0.5) is 4.39 Å². The first-order valence-electron chi connectivity index (χ1n) is 6.18. The van der Waals surface area contributed by atoms with Crippen molar-refractivity contribution in [2.24, 2.45) is 0 Å². The Morgan fingerprint density at radius 3 is 2.67 bits per heavy atom. The number of nitrogens with one attached hydrogen (secondary N) is 1. The maximum Gasteiger partial charge on any atom is 0.0912 e. The Bertz CT molecular complexity index is 395. The van der Waals surface area contributed by atoms with E-state index in [2.05, 4.69) is 48.1 Å². The van der Waals surface area contributed by atoms with E-state index in [1.165, 1.54) is 5.56 Å². The highest BCUT2D eigenvalue weighted by Gasteiger charge is 2.23. The quantitative estimate of drug-likeness (QED) is 0.860. The zero-order valence-electron chi connectivity index (χ0n) is 10.1. The van der Waals surface area contributed by atoms with Crippen molar-refractivity contribution in [3.8, 4) is 0 Å². The number of benzene rings is 1. The van der Waals surface area contributed by atoms with Crippen LogP contribution in [-0.4, -0.2) is 37.8 Å². The van der Waals surface area contributed by atoms with Crippen molar-refractivity contribution in [3.63, 3.8) is 0 Å². The molecule has 1 aromatic rings. The van der Waals surface area contributed by atoms with Gasteiger partial charge in [0.1, 0.15) is 0 Å². The second kappa shape index (κ2) is 6.98. The Labute approximate surface area is 124 Å². The summed E-state index contributed by atoms with van der Waals surface area (Å²) in [4.78, 5) is 2.36. The molecule has 1 aromatic carbocycles. The Hall–Kier alpha value is 0.0300. The van der Waals surface area contributed by atoms with E-state index in [0.29, 0.717) is 6.42 Å². The van der Waals surface area contributed by atoms with E-state index in [1.54, 1.807) is 0 Å². The Kier molecular flexibility index (Phi) is 5.60. The molecule has 1 aliphatic rings. The van der Waals surface area contributed by atoms with Crippen molar-refractivity contribution in [1.29, 1.82) is 0 Å². The fourth-order valence-corrected chi connectivity index (χ4v) is 3.29. The van der Waals surface area contributed by atoms with E-state index < -0.39 is 0 Å². The summed E-state index contributed by atoms with van der Waals surface area (Å²) < 4.78 is 14.9. The zero-order valence-corrected chi connectivity index (χ0v) is 13.3. The van der Waals surface area contributed by atoms with Gasteiger partial charge in [0.25, 0.3) is 0 Å². The number of rotatable bonds is 4. The summed E-state index contributed by atoms with van der Waals surface area (Å²) in [6.45, 7) is 3.63. The summed E-state index contributed by atoms with van der Waals surface area (Å²) in [6.07, 6.45) is 0.551. The first-order valence-corrected chi connectivity index (χ1v) is 7.76. The highest BCUT2D eigenvalue weighted by Crippen LogP contribution is 2.32. The normalized spacial score (nSPS) is 18.8. The van der Waals surface area contributed by atoms with E-state index in [9.17, 15) is 4.39 Å². The average molecular weight is 380 g/mol. The summed E-state index contributed by atoms with van der Waals surface area (Å²) >= 11 is 7.08. The van der Waals surface area contributed by atoms with Gasteiger partial charge in [-0.25, -0.2) is 0 Å². The molecule has 1 saturated heterocycles. The highest BCUT2D eigenvalue weighted by atomic mass is 79.9. The minimum absolute atomic E-state index is 0.156. The Morgan fingerprint density at radius 1 is 1.28 bits per heavy atom. The minimum Gasteiger partial charge on any atom is -0.314 e. The second-order valence-electron chi connectivity index (χ2n) is 4.45. The highest BCUT2D eigenvalue weighted by molar-refractivity contribution is 9.11. The van der Waals surface area contributed by atoms with Gasteiger partial charge in [0.15, 0.2) is 0 Å². The van der Waals surface area contributed by atoms with Crippen LogP contribution in [0.3, 0.4) is 0 Å². The third-order valence-electron chi connectivity index (χ3n) is 3.29. The van der Waals surface area contributed by atoms with Crippen LogP contribution in [0.25, 0.3) is 0 Å². The molecule has 0 aromatic heterocycles. The van der Waals surface area contributed by atoms with Crippen LogP contribution in [0.15, 0.2) is 27.1 Å². The molecule has 5 heteroatoms. The molecule has 0 radical (unpaired) electrons. The molecule has 18 heavy (non-hydrogen) atoms. The molecule has 0 aliphatic carbocycles. The van der Waals surface area contributed by atoms with E-state index in [4.69, 9.17) is 0 Å². The van der Waals surface area contributed by atoms with Crippen molar-refractivity contribution in [2.75, 3.05) is 32.9 Å². The number of hydrogen-bond donors (Lipinski definition) is 1. The van der Waals surface area contributed by atoms with Gasteiger partial charge < -0.3 is 5.32 Å². The molecule has 2 rings (SSSR count). The first-order chi connectivity index (χ1) is 8.72. The predicted molar refractivity (Wildman–Crippen MR) is 79.6 cm³/mol. The van der Waals surface area contributed by atoms with Crippen molar-refractivity contribution in [1.82, 2.24) is 10.2 Å². The molecule has 0 unspecified atom stereocenters. The minimum atomic E-state index is -0.284. The lowest BCUT2D eigenvalue weighted by Gasteiger charge is -2.35. The van der Waals surface area contributed by atoms with Gasteiger partial charge in [0.05, 0.1) is 6.67 Å². The third-order valence-corrected chi connectivity index (χ3v) is 4.51. The van der Waals surface area contributed by atoms with Gasteiger partial charge in [0, 0.05) is 41.2 Å². The fourth-order valence-electron chi connectivity index (χ4n) is 2.40. The van der Waals surface area contributed by atoms with Gasteiger partial charge in [0.2, 0.25) is 0 Å². The number of piperazine rings is 1. The molecule has 1 heterocycles. The average Bonchev–Trinajstić information content (AvgIpc) is 2.40. The number of nitrogens with zero attached hydrogens (tertiary/aromatic N) is 1. The van der Waals surface area contributed by atoms with Crippen LogP contribution in [0.2, 0.25) is 0 Å². The first kappa shape index (κ1) is 14.4. The Morgan fingerprint density at radius 2 is 2.00 bits per heavy atom. The van der Waals surface area contributed by atoms with Crippen molar-refractivity contribution >= 4 is 31.9 Å². The SMILES string of the molecule is FCC[C@H](c1cc(Br)ccc1Br)N1CCNCC1. The molecule has 1 atom stereocenters. The molecule has 1 fully saturated rings. The van der Waals surface area contributed by atoms with Crippen molar-refractivity contribution in [2.45, 2.75) is 12.5 Å². The van der Waals surface area contributed by atoms with Crippen LogP contribution in [0.1, 0.15) is 18.0 Å². The fraction of sp³-hybridized carbons (Fsp3) is 0.538. The number of alkyl halides is 1. The van der Waals surface area contributed by atoms with E-state index in [1.807, 2.05) is 12.1 Å². The van der Waals surface area contributed by atoms with Crippen LogP contribution in [-0.2, 0) is 0 Å². The molecular formula is C13H17Br2FN2. The maximum absolute atomic E-state index is 12.8. The summed E-state index contributed by atoms with van der Waals surface area (Å²) in [5, 5.41) is 3.33. The standard InChI is InChI=1S/C13H17Br2FN2/c14-10-1-2-12(15)11(9-10)13(3-4-16)18-7-5-17-6-8-18/h1-2,9,13,17H,3-8H2/t13-/m1/s1. The topological polar surface area (TPSA) is 15.3 Å². The van der Waals surface area contributed by atoms with Crippen LogP contribution >= 0.6 is 31.9 Å². The zero-order chi connectivity index (χ0) is 13.0. The molecule has 100 valence electrons. The summed E-state index contributed by atoms with van der Waals surface area (Å²) in [5.74, 6) is 0. The second-order valence-corrected chi connectivity index (χ2v) is 6.22. The molecule has 1 N–H and O–H groups in total. The van der Waals surface area contributed by atoms with Crippen LogP contribution in [0, 0.1) is 0 Å². The van der Waals surface area contributed by atoms with Crippen LogP contribution in [0.5, 0.6) is 0 Å². The third kappa shape index (κ3) is 3.53. The molecule has 0 spiro atoms. The van der Waals surface area contributed by atoms with Gasteiger partial charge in [-0.1, -0.05) is 31.9 Å². The van der Waals surface area contributed by atoms with E-state index in [0.717, 1.165) is 35.1 Å². The predicted octanol–water partition coefficient (Wildman–Crippen LogP) is 3.52. The Balaban J connectivity index is 2.24. The van der Waals surface area contributed by atoms with Gasteiger partial charge in [-0.15, -0.1) is 0 Å². The lowest BCUT2D eigenvalue weighted by molar-refractivity contribution is 0.157. The summed E-state index contributed by atoms with van der Waals surface area (Å²) in [5.41, 5.74) is 1.17. The van der Waals surface area contributed by atoms with E-state index in [-0.39, 0.29) is 12.7 Å². The molecule has 0 saturated carbocycles. The smallest absolute Gasteiger partial charge is 0.0912 e. The van der Waals surface area contributed by atoms with Gasteiger partial charge in [-0.2, -0.15) is 0 Å². The monoisotopic (exact) mass is 378 g/mol. The molecule has 0 amide bonds. The number of halogens is 3. The van der Waals surface area contributed by atoms with Crippen LogP contribution < -0.4 is 5.32 Å². The van der Waals surface area contributed by atoms with Crippen molar-refractivity contribution in [3.05, 3.63) is 32.7 Å². The molecule has 2 nitrogen and oxygen atoms in total. The maximum atomic E-state index is 12.8. The van der Waals surface area contributed by atoms with Gasteiger partial charge >= 0.3 is 0 Å².